The number of aryl methyl sites for hydroxylation is 3. The van der Waals surface area contributed by atoms with Crippen LogP contribution < -0.4 is 0 Å². The van der Waals surface area contributed by atoms with Gasteiger partial charge in [0.15, 0.2) is 0 Å². The lowest BCUT2D eigenvalue weighted by Gasteiger charge is -2.16. The molecule has 1 aromatic heterocycles. The molecule has 413 valence electrons. The highest BCUT2D eigenvalue weighted by Crippen LogP contribution is 2.24. The lowest BCUT2D eigenvalue weighted by molar-refractivity contribution is 0.522. The van der Waals surface area contributed by atoms with E-state index in [1.54, 1.807) is 5.56 Å². The highest BCUT2D eigenvalue weighted by molar-refractivity contribution is 5.27. The topological polar surface area (TPSA) is 25.8 Å². The van der Waals surface area contributed by atoms with E-state index in [0.717, 1.165) is 25.1 Å². The molecule has 0 bridgehead atoms. The first kappa shape index (κ1) is 67.1. The average Bonchev–Trinajstić information content (AvgIpc) is 3.37. The van der Waals surface area contributed by atoms with Crippen LogP contribution in [-0.2, 0) is 25.7 Å². The van der Waals surface area contributed by atoms with Gasteiger partial charge in [0.25, 0.3) is 0 Å². The molecule has 0 fully saturated rings. The molecule has 1 aromatic rings. The maximum Gasteiger partial charge on any atom is 0.128 e. The fraction of sp³-hybridized carbons (Fsp3) is 0.926. The Balaban J connectivity index is 2.48. The van der Waals surface area contributed by atoms with Crippen LogP contribution in [0.5, 0.6) is 0 Å². The summed E-state index contributed by atoms with van der Waals surface area (Å²) in [6.07, 6.45) is 84.2. The van der Waals surface area contributed by atoms with Crippen molar-refractivity contribution < 1.29 is 0 Å². The maximum atomic E-state index is 5.37. The van der Waals surface area contributed by atoms with Gasteiger partial charge in [0.2, 0.25) is 0 Å². The molecule has 0 saturated carbocycles. The van der Waals surface area contributed by atoms with Crippen molar-refractivity contribution in [1.82, 2.24) is 9.97 Å². The highest BCUT2D eigenvalue weighted by atomic mass is 14.9. The van der Waals surface area contributed by atoms with Crippen LogP contribution in [0.4, 0.5) is 0 Å². The minimum atomic E-state index is 0.980. The van der Waals surface area contributed by atoms with Crippen LogP contribution in [0.3, 0.4) is 0 Å². The molecule has 0 unspecified atom stereocenters. The van der Waals surface area contributed by atoms with Gasteiger partial charge in [0.1, 0.15) is 5.82 Å². The van der Waals surface area contributed by atoms with E-state index in [0.29, 0.717) is 0 Å². The molecule has 1 heterocycles. The van der Waals surface area contributed by atoms with Crippen molar-refractivity contribution in [3.8, 4) is 0 Å². The number of hydrogen-bond donors (Lipinski definition) is 0. The summed E-state index contributed by atoms with van der Waals surface area (Å²) < 4.78 is 0. The zero-order chi connectivity index (χ0) is 50.2. The third-order valence-corrected chi connectivity index (χ3v) is 16.2. The molecule has 2 heteroatoms. The average molecular weight is 977 g/mol. The molecule has 0 aliphatic rings. The van der Waals surface area contributed by atoms with Crippen LogP contribution in [0, 0.1) is 6.92 Å². The van der Waals surface area contributed by atoms with E-state index in [1.807, 2.05) is 0 Å². The van der Waals surface area contributed by atoms with Crippen LogP contribution in [-0.4, -0.2) is 9.97 Å². The van der Waals surface area contributed by atoms with Gasteiger partial charge in [-0.2, -0.15) is 0 Å². The molecule has 1 rings (SSSR count). The van der Waals surface area contributed by atoms with Crippen molar-refractivity contribution in [2.75, 3.05) is 0 Å². The van der Waals surface area contributed by atoms with E-state index in [4.69, 9.17) is 9.97 Å². The van der Waals surface area contributed by atoms with Crippen LogP contribution in [0.25, 0.3) is 0 Å². The van der Waals surface area contributed by atoms with Gasteiger partial charge < -0.3 is 0 Å². The lowest BCUT2D eigenvalue weighted by atomic mass is 9.96. The number of rotatable bonds is 60. The van der Waals surface area contributed by atoms with Gasteiger partial charge in [-0.05, 0) is 50.5 Å². The largest absolute Gasteiger partial charge is 0.238 e. The zero-order valence-electron chi connectivity index (χ0n) is 49.0. The minimum Gasteiger partial charge on any atom is -0.238 e. The molecule has 0 spiro atoms. The minimum absolute atomic E-state index is 0.980. The van der Waals surface area contributed by atoms with Crippen LogP contribution in [0.2, 0.25) is 0 Å². The molecule has 0 aromatic carbocycles. The van der Waals surface area contributed by atoms with Gasteiger partial charge >= 0.3 is 0 Å². The van der Waals surface area contributed by atoms with Gasteiger partial charge in [-0.3, -0.25) is 0 Å². The Bertz CT molecular complexity index is 1070. The summed E-state index contributed by atoms with van der Waals surface area (Å²) in [5.74, 6) is 1.13. The van der Waals surface area contributed by atoms with Crippen molar-refractivity contribution >= 4 is 0 Å². The van der Waals surface area contributed by atoms with Gasteiger partial charge in [-0.1, -0.05) is 362 Å². The quantitative estimate of drug-likeness (QED) is 0.0608. The number of aromatic nitrogens is 2. The predicted octanol–water partition coefficient (Wildman–Crippen LogP) is 24.4. The summed E-state index contributed by atoms with van der Waals surface area (Å²) in [6, 6.07) is 0. The summed E-state index contributed by atoms with van der Waals surface area (Å²) in [4.78, 5) is 10.7. The monoisotopic (exact) mass is 976 g/mol. The Hall–Kier alpha value is -0.920. The van der Waals surface area contributed by atoms with E-state index in [-0.39, 0.29) is 0 Å². The molecule has 0 aliphatic heterocycles. The molecule has 0 amide bonds. The molecule has 2 nitrogen and oxygen atoms in total. The van der Waals surface area contributed by atoms with Gasteiger partial charge in [0, 0.05) is 17.8 Å². The first-order valence-electron chi connectivity index (χ1n) is 33.4. The second kappa shape index (κ2) is 57.4. The lowest BCUT2D eigenvalue weighted by Crippen LogP contribution is -2.11. The van der Waals surface area contributed by atoms with E-state index in [1.165, 1.54) is 377 Å². The summed E-state index contributed by atoms with van der Waals surface area (Å²) in [5, 5.41) is 0. The first-order valence-corrected chi connectivity index (χ1v) is 33.4. The van der Waals surface area contributed by atoms with Crippen LogP contribution >= 0.6 is 0 Å². The van der Waals surface area contributed by atoms with Gasteiger partial charge in [-0.15, -0.1) is 0 Å². The Morgan fingerprint density at radius 2 is 0.400 bits per heavy atom. The normalized spacial score (nSPS) is 11.7. The standard InChI is InChI=1S/C68H131N2/c1-5-9-13-16-19-22-25-28-31-34-37-40-43-46-49-52-55-58-61-65-66(62-59-56-53-50-47-44-41-38-35-32-29-26-23-20-17-14-10-6-2)69-68(64-12-8-4)70-67(65)63-60-57-54-51-48-45-42-39-36-33-30-27-24-21-18-15-11-7-3/h4-64H2,1-3H3. The van der Waals surface area contributed by atoms with Crippen molar-refractivity contribution in [3.63, 3.8) is 0 Å². The fourth-order valence-corrected chi connectivity index (χ4v) is 11.3. The van der Waals surface area contributed by atoms with Crippen molar-refractivity contribution in [1.29, 1.82) is 0 Å². The SMILES string of the molecule is [CH2]CCCc1nc(CCCCCCCCCCCCCCCCCCCC)c(CCCCCCCCCCCCCCCCCCCC)c(CCCCCCCCCCCCCCCCCCCC)n1. The Kier molecular flexibility index (Phi) is 55.0. The first-order chi connectivity index (χ1) is 34.8. The maximum absolute atomic E-state index is 5.37. The summed E-state index contributed by atoms with van der Waals surface area (Å²) >= 11 is 0. The third-order valence-electron chi connectivity index (χ3n) is 16.2. The molecule has 70 heavy (non-hydrogen) atoms. The van der Waals surface area contributed by atoms with Crippen LogP contribution in [0.1, 0.15) is 403 Å². The number of unbranched alkanes of at least 4 members (excludes halogenated alkanes) is 52. The molecular weight excluding hydrogens is 845 g/mol. The highest BCUT2D eigenvalue weighted by Gasteiger charge is 2.15. The summed E-state index contributed by atoms with van der Waals surface area (Å²) in [7, 11) is 0. The molecule has 0 atom stereocenters. The second-order valence-electron chi connectivity index (χ2n) is 23.3. The fourth-order valence-electron chi connectivity index (χ4n) is 11.3. The number of hydrogen-bond acceptors (Lipinski definition) is 2. The summed E-state index contributed by atoms with van der Waals surface area (Å²) in [6.45, 7) is 11.1. The smallest absolute Gasteiger partial charge is 0.128 e. The van der Waals surface area contributed by atoms with Crippen molar-refractivity contribution in [2.45, 2.75) is 406 Å². The molecule has 0 N–H and O–H groups in total. The second-order valence-corrected chi connectivity index (χ2v) is 23.3. The van der Waals surface area contributed by atoms with E-state index < -0.39 is 0 Å². The predicted molar refractivity (Wildman–Crippen MR) is 318 cm³/mol. The van der Waals surface area contributed by atoms with E-state index in [9.17, 15) is 0 Å². The number of nitrogens with zero attached hydrogens (tertiary/aromatic N) is 2. The molecule has 1 radical (unpaired) electrons. The molecule has 0 saturated heterocycles. The Morgan fingerprint density at radius 3 is 0.600 bits per heavy atom. The van der Waals surface area contributed by atoms with Crippen LogP contribution in [0.15, 0.2) is 0 Å². The zero-order valence-corrected chi connectivity index (χ0v) is 49.0. The van der Waals surface area contributed by atoms with Crippen molar-refractivity contribution in [3.05, 3.63) is 29.7 Å². The van der Waals surface area contributed by atoms with E-state index in [2.05, 4.69) is 27.7 Å². The Morgan fingerprint density at radius 1 is 0.214 bits per heavy atom. The van der Waals surface area contributed by atoms with E-state index >= 15 is 0 Å². The Labute approximate surface area is 443 Å². The third kappa shape index (κ3) is 46.8. The molecule has 0 aliphatic carbocycles. The summed E-state index contributed by atoms with van der Waals surface area (Å²) in [5.41, 5.74) is 4.46. The molecular formula is C68H131N2. The van der Waals surface area contributed by atoms with Crippen molar-refractivity contribution in [2.24, 2.45) is 0 Å². The van der Waals surface area contributed by atoms with Gasteiger partial charge in [0.05, 0.1) is 0 Å². The van der Waals surface area contributed by atoms with Gasteiger partial charge in [-0.25, -0.2) is 9.97 Å².